The van der Waals surface area contributed by atoms with Crippen molar-refractivity contribution in [2.45, 2.75) is 37.8 Å². The average molecular weight is 609 g/mol. The first kappa shape index (κ1) is 31.3. The van der Waals surface area contributed by atoms with E-state index in [1.54, 1.807) is 12.1 Å². The van der Waals surface area contributed by atoms with Crippen LogP contribution in [0.5, 0.6) is 5.75 Å². The molecule has 1 fully saturated rings. The standard InChI is InChI=1S/C32H33ClN2O6S/c1-3-8-31(42(2,38)39)41-30-18-24(25(17-28(30)33)20-35-15-16-40-21-29(35)32(36)37)14-13-23-11-7-12-26(27(23)19-34)22-9-5-4-6-10-22/h4-7,9-14,17-18,29,31H,3,8,15-16,20-21H2,1-2H3,(H,36,37)/b14-13+/t29-,31?/m0/s1. The van der Waals surface area contributed by atoms with Crippen molar-refractivity contribution in [2.24, 2.45) is 0 Å². The minimum Gasteiger partial charge on any atom is -0.480 e. The molecule has 0 saturated carbocycles. The molecule has 1 aliphatic heterocycles. The lowest BCUT2D eigenvalue weighted by atomic mass is 9.95. The summed E-state index contributed by atoms with van der Waals surface area (Å²) in [6, 6.07) is 20.1. The number of benzene rings is 3. The van der Waals surface area contributed by atoms with Crippen molar-refractivity contribution in [1.29, 1.82) is 5.26 Å². The lowest BCUT2D eigenvalue weighted by molar-refractivity contribution is -0.150. The third kappa shape index (κ3) is 7.58. The first-order valence-electron chi connectivity index (χ1n) is 13.6. The Labute approximate surface area is 251 Å². The van der Waals surface area contributed by atoms with Gasteiger partial charge in [-0.25, -0.2) is 8.42 Å². The van der Waals surface area contributed by atoms with E-state index >= 15 is 0 Å². The van der Waals surface area contributed by atoms with Crippen molar-refractivity contribution >= 4 is 39.6 Å². The number of sulfone groups is 1. The number of nitriles is 1. The number of ether oxygens (including phenoxy) is 2. The summed E-state index contributed by atoms with van der Waals surface area (Å²) in [5.74, 6) is -0.774. The second-order valence-electron chi connectivity index (χ2n) is 10.1. The Morgan fingerprint density at radius 2 is 1.93 bits per heavy atom. The van der Waals surface area contributed by atoms with Crippen molar-refractivity contribution in [3.63, 3.8) is 0 Å². The van der Waals surface area contributed by atoms with Crippen LogP contribution >= 0.6 is 11.6 Å². The van der Waals surface area contributed by atoms with Crippen LogP contribution in [0.4, 0.5) is 0 Å². The van der Waals surface area contributed by atoms with E-state index in [1.165, 1.54) is 0 Å². The Morgan fingerprint density at radius 1 is 1.19 bits per heavy atom. The molecule has 3 aromatic carbocycles. The van der Waals surface area contributed by atoms with Crippen molar-refractivity contribution in [1.82, 2.24) is 4.90 Å². The van der Waals surface area contributed by atoms with Gasteiger partial charge in [0.2, 0.25) is 0 Å². The van der Waals surface area contributed by atoms with Gasteiger partial charge in [-0.15, -0.1) is 0 Å². The lowest BCUT2D eigenvalue weighted by Crippen LogP contribution is -2.49. The van der Waals surface area contributed by atoms with Gasteiger partial charge in [-0.2, -0.15) is 5.26 Å². The van der Waals surface area contributed by atoms with Gasteiger partial charge in [0.1, 0.15) is 17.9 Å². The number of carbonyl (C=O) groups is 1. The first-order chi connectivity index (χ1) is 20.1. The van der Waals surface area contributed by atoms with E-state index in [-0.39, 0.29) is 23.9 Å². The number of rotatable bonds is 11. The molecule has 0 spiro atoms. The van der Waals surface area contributed by atoms with Gasteiger partial charge in [0, 0.05) is 24.9 Å². The fourth-order valence-electron chi connectivity index (χ4n) is 4.88. The topological polar surface area (TPSA) is 117 Å². The molecule has 220 valence electrons. The van der Waals surface area contributed by atoms with E-state index in [1.807, 2.05) is 72.5 Å². The van der Waals surface area contributed by atoms with Crippen LogP contribution in [0, 0.1) is 11.3 Å². The molecule has 1 saturated heterocycles. The maximum absolute atomic E-state index is 12.4. The fourth-order valence-corrected chi connectivity index (χ4v) is 6.05. The van der Waals surface area contributed by atoms with E-state index in [0.29, 0.717) is 42.7 Å². The maximum atomic E-state index is 12.4. The highest BCUT2D eigenvalue weighted by Gasteiger charge is 2.30. The quantitative estimate of drug-likeness (QED) is 0.268. The summed E-state index contributed by atoms with van der Waals surface area (Å²) in [4.78, 5) is 13.7. The van der Waals surface area contributed by atoms with E-state index in [4.69, 9.17) is 21.1 Å². The number of aliphatic carboxylic acids is 1. The predicted molar refractivity (Wildman–Crippen MR) is 164 cm³/mol. The second-order valence-corrected chi connectivity index (χ2v) is 12.7. The molecule has 8 nitrogen and oxygen atoms in total. The van der Waals surface area contributed by atoms with Crippen LogP contribution in [0.3, 0.4) is 0 Å². The number of hydrogen-bond acceptors (Lipinski definition) is 7. The number of carboxylic acid groups (broad SMARTS) is 1. The third-order valence-electron chi connectivity index (χ3n) is 7.09. The average Bonchev–Trinajstić information content (AvgIpc) is 2.97. The van der Waals surface area contributed by atoms with Crippen LogP contribution in [0.1, 0.15) is 42.0 Å². The zero-order valence-electron chi connectivity index (χ0n) is 23.5. The largest absolute Gasteiger partial charge is 0.480 e. The Balaban J connectivity index is 1.78. The van der Waals surface area contributed by atoms with Crippen LogP contribution < -0.4 is 4.74 Å². The highest BCUT2D eigenvalue weighted by atomic mass is 35.5. The molecule has 1 N–H and O–H groups in total. The van der Waals surface area contributed by atoms with E-state index in [2.05, 4.69) is 6.07 Å². The molecule has 42 heavy (non-hydrogen) atoms. The molecule has 1 heterocycles. The normalized spacial score (nSPS) is 16.7. The Kier molecular flexibility index (Phi) is 10.4. The highest BCUT2D eigenvalue weighted by Crippen LogP contribution is 2.34. The van der Waals surface area contributed by atoms with E-state index < -0.39 is 27.3 Å². The zero-order chi connectivity index (χ0) is 30.3. The van der Waals surface area contributed by atoms with Gasteiger partial charge in [-0.1, -0.05) is 85.6 Å². The van der Waals surface area contributed by atoms with Crippen molar-refractivity contribution < 1.29 is 27.8 Å². The molecule has 0 aliphatic carbocycles. The van der Waals surface area contributed by atoms with Gasteiger partial charge >= 0.3 is 5.97 Å². The van der Waals surface area contributed by atoms with E-state index in [0.717, 1.165) is 22.9 Å². The van der Waals surface area contributed by atoms with Gasteiger partial charge in [0.05, 0.1) is 23.8 Å². The monoisotopic (exact) mass is 608 g/mol. The first-order valence-corrected chi connectivity index (χ1v) is 15.9. The third-order valence-corrected chi connectivity index (χ3v) is 8.67. The summed E-state index contributed by atoms with van der Waals surface area (Å²) in [6.07, 6.45) is 5.66. The summed E-state index contributed by atoms with van der Waals surface area (Å²) < 4.78 is 36.1. The Hall–Kier alpha value is -3.68. The van der Waals surface area contributed by atoms with Crippen LogP contribution in [0.25, 0.3) is 23.3 Å². The molecule has 4 rings (SSSR count). The fraction of sp³-hybridized carbons (Fsp3) is 0.312. The minimum atomic E-state index is -3.52. The number of morpholine rings is 1. The van der Waals surface area contributed by atoms with Gasteiger partial charge in [-0.05, 0) is 40.8 Å². The SMILES string of the molecule is CCCC(Oc1cc(/C=C/c2cccc(-c3ccccc3)c2C#N)c(CN2CCOC[C@H]2C(=O)O)cc1Cl)S(C)(=O)=O. The molecular weight excluding hydrogens is 576 g/mol. The van der Waals surface area contributed by atoms with Crippen LogP contribution in [-0.2, 0) is 25.9 Å². The molecule has 0 aromatic heterocycles. The summed E-state index contributed by atoms with van der Waals surface area (Å²) >= 11 is 6.62. The van der Waals surface area contributed by atoms with E-state index in [9.17, 15) is 23.6 Å². The van der Waals surface area contributed by atoms with Gasteiger partial charge < -0.3 is 14.6 Å². The predicted octanol–water partition coefficient (Wildman–Crippen LogP) is 5.88. The number of halogens is 1. The molecule has 0 bridgehead atoms. The Bertz CT molecular complexity index is 1600. The second kappa shape index (κ2) is 14.0. The van der Waals surface area contributed by atoms with Crippen LogP contribution in [0.2, 0.25) is 5.02 Å². The van der Waals surface area contributed by atoms with Crippen molar-refractivity contribution in [2.75, 3.05) is 26.0 Å². The van der Waals surface area contributed by atoms with Crippen LogP contribution in [-0.4, -0.2) is 61.9 Å². The zero-order valence-corrected chi connectivity index (χ0v) is 25.1. The minimum absolute atomic E-state index is 0.0697. The number of carboxylic acids is 1. The molecule has 1 unspecified atom stereocenters. The smallest absolute Gasteiger partial charge is 0.323 e. The molecule has 3 aromatic rings. The molecule has 0 amide bonds. The van der Waals surface area contributed by atoms with Gasteiger partial charge in [0.15, 0.2) is 15.3 Å². The number of nitrogens with zero attached hydrogens (tertiary/aromatic N) is 2. The molecule has 1 aliphatic rings. The highest BCUT2D eigenvalue weighted by molar-refractivity contribution is 7.91. The van der Waals surface area contributed by atoms with Crippen molar-refractivity contribution in [3.8, 4) is 22.9 Å². The van der Waals surface area contributed by atoms with Crippen LogP contribution in [0.15, 0.2) is 60.7 Å². The summed E-state index contributed by atoms with van der Waals surface area (Å²) in [5, 5.41) is 20.0. The summed E-state index contributed by atoms with van der Waals surface area (Å²) in [7, 11) is -3.52. The molecule has 2 atom stereocenters. The Morgan fingerprint density at radius 3 is 2.60 bits per heavy atom. The van der Waals surface area contributed by atoms with Crippen molar-refractivity contribution in [3.05, 3.63) is 87.9 Å². The molecule has 0 radical (unpaired) electrons. The number of hydrogen-bond donors (Lipinski definition) is 1. The molecule has 10 heteroatoms. The summed E-state index contributed by atoms with van der Waals surface area (Å²) in [5.41, 5.74) is 3.23. The van der Waals surface area contributed by atoms with Gasteiger partial charge in [-0.3, -0.25) is 9.69 Å². The lowest BCUT2D eigenvalue weighted by Gasteiger charge is -2.33. The molecular formula is C32H33ClN2O6S. The maximum Gasteiger partial charge on any atom is 0.323 e. The van der Waals surface area contributed by atoms with Gasteiger partial charge in [0.25, 0.3) is 0 Å². The summed E-state index contributed by atoms with van der Waals surface area (Å²) in [6.45, 7) is 3.02.